The summed E-state index contributed by atoms with van der Waals surface area (Å²) in [6.07, 6.45) is 0. The topological polar surface area (TPSA) is 60.7 Å². The van der Waals surface area contributed by atoms with Gasteiger partial charge in [0.2, 0.25) is 0 Å². The van der Waals surface area contributed by atoms with Crippen LogP contribution in [-0.2, 0) is 0 Å². The fourth-order valence-electron chi connectivity index (χ4n) is 0.744. The Bertz CT molecular complexity index is 280. The summed E-state index contributed by atoms with van der Waals surface area (Å²) in [6.45, 7) is 0. The molecule has 64 valence electrons. The number of hydrogen-bond acceptors (Lipinski definition) is 3. The van der Waals surface area contributed by atoms with Crippen LogP contribution in [-0.4, -0.2) is 22.3 Å². The van der Waals surface area contributed by atoms with Crippen molar-refractivity contribution in [1.29, 1.82) is 0 Å². The second-order valence-electron chi connectivity index (χ2n) is 2.21. The maximum Gasteiger partial charge on any atom is 0.488 e. The molecule has 3 nitrogen and oxygen atoms in total. The molecule has 3 N–H and O–H groups in total. The van der Waals surface area contributed by atoms with E-state index >= 15 is 0 Å². The van der Waals surface area contributed by atoms with Crippen LogP contribution in [0.5, 0.6) is 5.75 Å². The number of hydrogen-bond donors (Lipinski definition) is 3. The van der Waals surface area contributed by atoms with Crippen LogP contribution in [0.2, 0.25) is 10.0 Å². The summed E-state index contributed by atoms with van der Waals surface area (Å²) in [6, 6.07) is 2.41. The van der Waals surface area contributed by atoms with E-state index in [1.54, 1.807) is 0 Å². The maximum atomic E-state index is 9.09. The van der Waals surface area contributed by atoms with E-state index in [4.69, 9.17) is 38.4 Å². The third-order valence-electron chi connectivity index (χ3n) is 1.33. The number of rotatable bonds is 1. The molecule has 0 amide bonds. The molecule has 0 aliphatic heterocycles. The Morgan fingerprint density at radius 1 is 1.17 bits per heavy atom. The van der Waals surface area contributed by atoms with Gasteiger partial charge in [-0.15, -0.1) is 0 Å². The van der Waals surface area contributed by atoms with Gasteiger partial charge in [-0.05, 0) is 17.6 Å². The smallest absolute Gasteiger partial charge is 0.488 e. The van der Waals surface area contributed by atoms with Crippen molar-refractivity contribution in [3.63, 3.8) is 0 Å². The zero-order valence-electron chi connectivity index (χ0n) is 5.83. The van der Waals surface area contributed by atoms with E-state index in [-0.39, 0.29) is 21.3 Å². The van der Waals surface area contributed by atoms with Crippen LogP contribution in [0.25, 0.3) is 0 Å². The van der Waals surface area contributed by atoms with Gasteiger partial charge in [0.15, 0.2) is 0 Å². The van der Waals surface area contributed by atoms with Gasteiger partial charge in [-0.1, -0.05) is 23.2 Å². The van der Waals surface area contributed by atoms with E-state index in [0.717, 1.165) is 6.07 Å². The lowest BCUT2D eigenvalue weighted by molar-refractivity contribution is 0.424. The number of benzene rings is 1. The molecule has 1 aromatic carbocycles. The summed E-state index contributed by atoms with van der Waals surface area (Å²) in [4.78, 5) is 0. The van der Waals surface area contributed by atoms with Crippen LogP contribution in [0.1, 0.15) is 0 Å². The van der Waals surface area contributed by atoms with Gasteiger partial charge in [-0.3, -0.25) is 0 Å². The summed E-state index contributed by atoms with van der Waals surface area (Å²) >= 11 is 11.1. The first kappa shape index (κ1) is 9.67. The predicted octanol–water partition coefficient (Wildman–Crippen LogP) is 0.379. The molecule has 0 saturated heterocycles. The Kier molecular flexibility index (Phi) is 2.85. The first-order valence-corrected chi connectivity index (χ1v) is 3.82. The SMILES string of the molecule is OB(O)c1cc(O)c(Cl)c(Cl)c1. The standard InChI is InChI=1S/C6H5BCl2O3/c8-4-1-3(7(11)12)2-5(10)6(4)9/h1-2,10-12H. The van der Waals surface area contributed by atoms with E-state index in [2.05, 4.69) is 0 Å². The molecule has 0 atom stereocenters. The van der Waals surface area contributed by atoms with Crippen molar-refractivity contribution in [1.82, 2.24) is 0 Å². The number of phenols is 1. The van der Waals surface area contributed by atoms with Crippen LogP contribution in [0, 0.1) is 0 Å². The Hall–Kier alpha value is -0.415. The molecule has 0 fully saturated rings. The maximum absolute atomic E-state index is 9.09. The molecule has 12 heavy (non-hydrogen) atoms. The lowest BCUT2D eigenvalue weighted by Crippen LogP contribution is -2.29. The van der Waals surface area contributed by atoms with Crippen molar-refractivity contribution in [3.8, 4) is 5.75 Å². The van der Waals surface area contributed by atoms with E-state index < -0.39 is 7.12 Å². The highest BCUT2D eigenvalue weighted by atomic mass is 35.5. The minimum absolute atomic E-state index is 0.000988. The van der Waals surface area contributed by atoms with Crippen LogP contribution in [0.4, 0.5) is 0 Å². The third-order valence-corrected chi connectivity index (χ3v) is 2.12. The van der Waals surface area contributed by atoms with Crippen molar-refractivity contribution < 1.29 is 15.2 Å². The van der Waals surface area contributed by atoms with Crippen LogP contribution in [0.3, 0.4) is 0 Å². The van der Waals surface area contributed by atoms with Crippen molar-refractivity contribution in [2.45, 2.75) is 0 Å². The van der Waals surface area contributed by atoms with Gasteiger partial charge >= 0.3 is 7.12 Å². The highest BCUT2D eigenvalue weighted by molar-refractivity contribution is 6.59. The zero-order chi connectivity index (χ0) is 9.30. The summed E-state index contributed by atoms with van der Waals surface area (Å²) in [7, 11) is -1.66. The van der Waals surface area contributed by atoms with Gasteiger partial charge in [-0.2, -0.15) is 0 Å². The molecule has 0 aromatic heterocycles. The molecule has 0 aliphatic carbocycles. The van der Waals surface area contributed by atoms with Crippen LogP contribution in [0.15, 0.2) is 12.1 Å². The summed E-state index contributed by atoms with van der Waals surface area (Å²) in [5.74, 6) is -0.271. The molecule has 0 heterocycles. The van der Waals surface area contributed by atoms with Gasteiger partial charge in [0.1, 0.15) is 10.8 Å². The van der Waals surface area contributed by atoms with Crippen molar-refractivity contribution in [2.24, 2.45) is 0 Å². The van der Waals surface area contributed by atoms with E-state index in [9.17, 15) is 0 Å². The normalized spacial score (nSPS) is 10.0. The number of aromatic hydroxyl groups is 1. The molecule has 1 rings (SSSR count). The van der Waals surface area contributed by atoms with E-state index in [1.807, 2.05) is 0 Å². The molecular formula is C6H5BCl2O3. The second-order valence-corrected chi connectivity index (χ2v) is 2.99. The second kappa shape index (κ2) is 3.54. The van der Waals surface area contributed by atoms with Gasteiger partial charge in [0, 0.05) is 0 Å². The quantitative estimate of drug-likeness (QED) is 0.583. The molecule has 0 saturated carbocycles. The van der Waals surface area contributed by atoms with Gasteiger partial charge in [0.05, 0.1) is 5.02 Å². The molecule has 6 heteroatoms. The lowest BCUT2D eigenvalue weighted by atomic mass is 9.80. The predicted molar refractivity (Wildman–Crippen MR) is 48.0 cm³/mol. The average molecular weight is 207 g/mol. The fourth-order valence-corrected chi connectivity index (χ4v) is 1.08. The minimum atomic E-state index is -1.66. The molecular weight excluding hydrogens is 202 g/mol. The van der Waals surface area contributed by atoms with E-state index in [1.165, 1.54) is 6.07 Å². The van der Waals surface area contributed by atoms with Crippen LogP contribution >= 0.6 is 23.2 Å². The Balaban J connectivity index is 3.21. The third kappa shape index (κ3) is 1.84. The average Bonchev–Trinajstić information content (AvgIpc) is 1.99. The molecule has 0 bridgehead atoms. The Labute approximate surface area is 79.3 Å². The minimum Gasteiger partial charge on any atom is -0.506 e. The van der Waals surface area contributed by atoms with Crippen molar-refractivity contribution >= 4 is 35.8 Å². The van der Waals surface area contributed by atoms with Gasteiger partial charge in [-0.25, -0.2) is 0 Å². The Morgan fingerprint density at radius 3 is 2.17 bits per heavy atom. The zero-order valence-corrected chi connectivity index (χ0v) is 7.34. The lowest BCUT2D eigenvalue weighted by Gasteiger charge is -2.03. The molecule has 0 aliphatic rings. The van der Waals surface area contributed by atoms with Crippen molar-refractivity contribution in [3.05, 3.63) is 22.2 Å². The highest BCUT2D eigenvalue weighted by Gasteiger charge is 2.15. The fraction of sp³-hybridized carbons (Fsp3) is 0. The number of phenolic OH excluding ortho intramolecular Hbond substituents is 1. The largest absolute Gasteiger partial charge is 0.506 e. The first-order chi connectivity index (χ1) is 5.52. The molecule has 0 unspecified atom stereocenters. The van der Waals surface area contributed by atoms with E-state index in [0.29, 0.717) is 0 Å². The molecule has 0 spiro atoms. The van der Waals surface area contributed by atoms with Crippen molar-refractivity contribution in [2.75, 3.05) is 0 Å². The van der Waals surface area contributed by atoms with Gasteiger partial charge in [0.25, 0.3) is 0 Å². The summed E-state index contributed by atoms with van der Waals surface area (Å²) in [5, 5.41) is 26.6. The Morgan fingerprint density at radius 2 is 1.75 bits per heavy atom. The molecule has 0 radical (unpaired) electrons. The van der Waals surface area contributed by atoms with Crippen LogP contribution < -0.4 is 5.46 Å². The van der Waals surface area contributed by atoms with Gasteiger partial charge < -0.3 is 15.2 Å². The number of halogens is 2. The first-order valence-electron chi connectivity index (χ1n) is 3.06. The highest BCUT2D eigenvalue weighted by Crippen LogP contribution is 2.29. The summed E-state index contributed by atoms with van der Waals surface area (Å²) < 4.78 is 0. The molecule has 1 aromatic rings. The summed E-state index contributed by atoms with van der Waals surface area (Å²) in [5.41, 5.74) is 0.0990. The monoisotopic (exact) mass is 206 g/mol.